The summed E-state index contributed by atoms with van der Waals surface area (Å²) in [6, 6.07) is 13.4. The van der Waals surface area contributed by atoms with Crippen LogP contribution in [0.15, 0.2) is 42.5 Å². The van der Waals surface area contributed by atoms with Crippen molar-refractivity contribution in [1.29, 1.82) is 0 Å². The van der Waals surface area contributed by atoms with E-state index in [1.165, 1.54) is 0 Å². The summed E-state index contributed by atoms with van der Waals surface area (Å²) in [5.74, 6) is 1.49. The highest BCUT2D eigenvalue weighted by molar-refractivity contribution is 6.30. The van der Waals surface area contributed by atoms with Gasteiger partial charge in [0.1, 0.15) is 11.5 Å². The quantitative estimate of drug-likeness (QED) is 0.582. The first-order valence-electron chi connectivity index (χ1n) is 10.4. The molecule has 0 bridgehead atoms. The van der Waals surface area contributed by atoms with E-state index in [9.17, 15) is 4.79 Å². The molecule has 3 rings (SSSR count). The molecule has 1 atom stereocenters. The summed E-state index contributed by atoms with van der Waals surface area (Å²) in [7, 11) is 3.26. The maximum atomic E-state index is 12.5. The molecule has 0 radical (unpaired) electrons. The Kier molecular flexibility index (Phi) is 8.82. The number of halogens is 1. The lowest BCUT2D eigenvalue weighted by Crippen LogP contribution is -2.44. The fourth-order valence-electron chi connectivity index (χ4n) is 3.60. The normalized spacial score (nSPS) is 15.2. The molecule has 0 aromatic heterocycles. The molecule has 1 fully saturated rings. The van der Waals surface area contributed by atoms with Crippen LogP contribution < -0.4 is 20.1 Å². The predicted molar refractivity (Wildman–Crippen MR) is 122 cm³/mol. The standard InChI is InChI=1S/C23H30ClN3O4/c1-29-19-6-3-17(4-7-19)21(27-11-13-31-14-12-27)16-26-23(28)9-10-25-20-15-18(24)5-8-22(20)30-2/h3-8,15,21,25H,9-14,16H2,1-2H3,(H,26,28). The maximum absolute atomic E-state index is 12.5. The van der Waals surface area contributed by atoms with Gasteiger partial charge >= 0.3 is 0 Å². The molecule has 31 heavy (non-hydrogen) atoms. The Hall–Kier alpha value is -2.48. The summed E-state index contributed by atoms with van der Waals surface area (Å²) in [5, 5.41) is 6.92. The second kappa shape index (κ2) is 11.8. The summed E-state index contributed by atoms with van der Waals surface area (Å²) >= 11 is 6.05. The molecule has 1 saturated heterocycles. The van der Waals surface area contributed by atoms with Crippen LogP contribution in [0.25, 0.3) is 0 Å². The van der Waals surface area contributed by atoms with Gasteiger partial charge in [-0.1, -0.05) is 23.7 Å². The molecule has 1 amide bonds. The summed E-state index contributed by atoms with van der Waals surface area (Å²) in [4.78, 5) is 14.8. The molecule has 2 N–H and O–H groups in total. The number of anilines is 1. The molecular weight excluding hydrogens is 418 g/mol. The summed E-state index contributed by atoms with van der Waals surface area (Å²) in [6.45, 7) is 4.09. The average molecular weight is 448 g/mol. The van der Waals surface area contributed by atoms with E-state index in [1.54, 1.807) is 32.4 Å². The molecule has 1 unspecified atom stereocenters. The number of nitrogens with zero attached hydrogens (tertiary/aromatic N) is 1. The van der Waals surface area contributed by atoms with E-state index < -0.39 is 0 Å². The number of nitrogens with one attached hydrogen (secondary N) is 2. The summed E-state index contributed by atoms with van der Waals surface area (Å²) in [6.07, 6.45) is 0.341. The van der Waals surface area contributed by atoms with Gasteiger partial charge in [-0.05, 0) is 35.9 Å². The number of rotatable bonds is 10. The second-order valence-corrected chi connectivity index (χ2v) is 7.70. The molecule has 2 aromatic carbocycles. The fraction of sp³-hybridized carbons (Fsp3) is 0.435. The van der Waals surface area contributed by atoms with Gasteiger partial charge in [0.05, 0.1) is 39.2 Å². The summed E-state index contributed by atoms with van der Waals surface area (Å²) < 4.78 is 16.1. The van der Waals surface area contributed by atoms with Crippen molar-refractivity contribution in [3.63, 3.8) is 0 Å². The van der Waals surface area contributed by atoms with Crippen LogP contribution in [-0.2, 0) is 9.53 Å². The van der Waals surface area contributed by atoms with Crippen molar-refractivity contribution >= 4 is 23.2 Å². The Labute approximate surface area is 188 Å². The van der Waals surface area contributed by atoms with E-state index in [0.717, 1.165) is 30.1 Å². The number of benzene rings is 2. The Bertz CT molecular complexity index is 841. The van der Waals surface area contributed by atoms with Crippen LogP contribution in [0.3, 0.4) is 0 Å². The number of carbonyl (C=O) groups is 1. The SMILES string of the molecule is COc1ccc(C(CNC(=O)CCNc2cc(Cl)ccc2OC)N2CCOCC2)cc1. The van der Waals surface area contributed by atoms with Crippen molar-refractivity contribution in [3.8, 4) is 11.5 Å². The smallest absolute Gasteiger partial charge is 0.221 e. The van der Waals surface area contributed by atoms with Crippen molar-refractivity contribution in [3.05, 3.63) is 53.1 Å². The van der Waals surface area contributed by atoms with Crippen LogP contribution in [0.1, 0.15) is 18.0 Å². The molecule has 7 nitrogen and oxygen atoms in total. The minimum Gasteiger partial charge on any atom is -0.497 e. The molecule has 0 aliphatic carbocycles. The van der Waals surface area contributed by atoms with Gasteiger partial charge in [0.15, 0.2) is 0 Å². The van der Waals surface area contributed by atoms with Gasteiger partial charge in [0.2, 0.25) is 5.91 Å². The van der Waals surface area contributed by atoms with E-state index >= 15 is 0 Å². The average Bonchev–Trinajstić information content (AvgIpc) is 2.80. The van der Waals surface area contributed by atoms with Gasteiger partial charge in [-0.2, -0.15) is 0 Å². The first-order chi connectivity index (χ1) is 15.1. The lowest BCUT2D eigenvalue weighted by Gasteiger charge is -2.35. The molecule has 1 aliphatic rings. The molecule has 168 valence electrons. The number of morpholine rings is 1. The third kappa shape index (κ3) is 6.75. The van der Waals surface area contributed by atoms with Crippen LogP contribution in [0.5, 0.6) is 11.5 Å². The summed E-state index contributed by atoms with van der Waals surface area (Å²) in [5.41, 5.74) is 1.91. The lowest BCUT2D eigenvalue weighted by atomic mass is 10.0. The van der Waals surface area contributed by atoms with E-state index in [0.29, 0.717) is 43.5 Å². The maximum Gasteiger partial charge on any atom is 0.221 e. The van der Waals surface area contributed by atoms with Gasteiger partial charge in [-0.25, -0.2) is 0 Å². The van der Waals surface area contributed by atoms with E-state index in [4.69, 9.17) is 25.8 Å². The third-order valence-corrected chi connectivity index (χ3v) is 5.54. The molecule has 1 heterocycles. The third-order valence-electron chi connectivity index (χ3n) is 5.31. The van der Waals surface area contributed by atoms with E-state index in [2.05, 4.69) is 27.7 Å². The van der Waals surface area contributed by atoms with Crippen LogP contribution in [-0.4, -0.2) is 64.4 Å². The van der Waals surface area contributed by atoms with E-state index in [1.807, 2.05) is 12.1 Å². The molecule has 8 heteroatoms. The van der Waals surface area contributed by atoms with Gasteiger partial charge in [-0.15, -0.1) is 0 Å². The zero-order valence-electron chi connectivity index (χ0n) is 18.0. The molecule has 1 aliphatic heterocycles. The van der Waals surface area contributed by atoms with Crippen LogP contribution >= 0.6 is 11.6 Å². The molecule has 2 aromatic rings. The van der Waals surface area contributed by atoms with E-state index in [-0.39, 0.29) is 11.9 Å². The van der Waals surface area contributed by atoms with Crippen molar-refractivity contribution < 1.29 is 19.0 Å². The predicted octanol–water partition coefficient (Wildman–Crippen LogP) is 3.35. The van der Waals surface area contributed by atoms with Crippen molar-refractivity contribution in [1.82, 2.24) is 10.2 Å². The van der Waals surface area contributed by atoms with Crippen molar-refractivity contribution in [2.75, 3.05) is 58.9 Å². The van der Waals surface area contributed by atoms with Gasteiger partial charge < -0.3 is 24.8 Å². The van der Waals surface area contributed by atoms with Gasteiger partial charge in [0, 0.05) is 37.6 Å². The Balaban J connectivity index is 1.55. The molecular formula is C23H30ClN3O4. The Morgan fingerprint density at radius 1 is 1.13 bits per heavy atom. The zero-order chi connectivity index (χ0) is 22.1. The van der Waals surface area contributed by atoms with Crippen LogP contribution in [0.4, 0.5) is 5.69 Å². The van der Waals surface area contributed by atoms with Crippen molar-refractivity contribution in [2.45, 2.75) is 12.5 Å². The number of ether oxygens (including phenoxy) is 3. The fourth-order valence-corrected chi connectivity index (χ4v) is 3.77. The Morgan fingerprint density at radius 2 is 1.87 bits per heavy atom. The minimum atomic E-state index is -0.0136. The first-order valence-corrected chi connectivity index (χ1v) is 10.8. The number of methoxy groups -OCH3 is 2. The zero-order valence-corrected chi connectivity index (χ0v) is 18.8. The molecule has 0 spiro atoms. The highest BCUT2D eigenvalue weighted by Gasteiger charge is 2.23. The minimum absolute atomic E-state index is 0.0136. The Morgan fingerprint density at radius 3 is 2.55 bits per heavy atom. The van der Waals surface area contributed by atoms with Crippen LogP contribution in [0, 0.1) is 0 Å². The topological polar surface area (TPSA) is 72.1 Å². The van der Waals surface area contributed by atoms with Crippen molar-refractivity contribution in [2.24, 2.45) is 0 Å². The van der Waals surface area contributed by atoms with Crippen LogP contribution in [0.2, 0.25) is 5.02 Å². The first kappa shape index (κ1) is 23.2. The highest BCUT2D eigenvalue weighted by Crippen LogP contribution is 2.27. The number of amides is 1. The number of hydrogen-bond donors (Lipinski definition) is 2. The highest BCUT2D eigenvalue weighted by atomic mass is 35.5. The second-order valence-electron chi connectivity index (χ2n) is 7.26. The molecule has 0 saturated carbocycles. The number of carbonyl (C=O) groups excluding carboxylic acids is 1. The monoisotopic (exact) mass is 447 g/mol. The van der Waals surface area contributed by atoms with Gasteiger partial charge in [0.25, 0.3) is 0 Å². The van der Waals surface area contributed by atoms with Gasteiger partial charge in [-0.3, -0.25) is 9.69 Å². The number of hydrogen-bond acceptors (Lipinski definition) is 6. The lowest BCUT2D eigenvalue weighted by molar-refractivity contribution is -0.121. The largest absolute Gasteiger partial charge is 0.497 e.